The largest absolute Gasteiger partial charge is 0.344 e. The Kier molecular flexibility index (Phi) is 8.76. The van der Waals surface area contributed by atoms with Crippen molar-refractivity contribution >= 4 is 30.7 Å². The quantitative estimate of drug-likeness (QED) is 0.790. The van der Waals surface area contributed by atoms with E-state index in [4.69, 9.17) is 0 Å². The lowest BCUT2D eigenvalue weighted by Crippen LogP contribution is -2.37. The van der Waals surface area contributed by atoms with Crippen LogP contribution in [-0.2, 0) is 4.79 Å². The predicted octanol–water partition coefficient (Wildman–Crippen LogP) is 3.13. The highest BCUT2D eigenvalue weighted by atomic mass is 35.5. The summed E-state index contributed by atoms with van der Waals surface area (Å²) in [6.07, 6.45) is 6.12. The molecule has 2 aromatic rings. The van der Waals surface area contributed by atoms with Crippen molar-refractivity contribution in [2.75, 3.05) is 13.1 Å². The molecule has 1 heterocycles. The van der Waals surface area contributed by atoms with Crippen LogP contribution in [0.5, 0.6) is 0 Å². The summed E-state index contributed by atoms with van der Waals surface area (Å²) in [5.74, 6) is 0.786. The second kappa shape index (κ2) is 10.3. The molecular weight excluding hydrogens is 345 g/mol. The van der Waals surface area contributed by atoms with Gasteiger partial charge in [0.1, 0.15) is 0 Å². The normalized spacial score (nSPS) is 14.0. The van der Waals surface area contributed by atoms with Gasteiger partial charge in [-0.1, -0.05) is 36.4 Å². The second-order valence-corrected chi connectivity index (χ2v) is 5.77. The number of amides is 1. The molecular formula is C18H23Cl2N3O. The van der Waals surface area contributed by atoms with Crippen LogP contribution in [0.3, 0.4) is 0 Å². The Labute approximate surface area is 155 Å². The van der Waals surface area contributed by atoms with Crippen molar-refractivity contribution in [1.29, 1.82) is 0 Å². The highest BCUT2D eigenvalue weighted by molar-refractivity contribution is 5.85. The minimum Gasteiger partial charge on any atom is -0.344 e. The summed E-state index contributed by atoms with van der Waals surface area (Å²) in [6, 6.07) is 13.7. The van der Waals surface area contributed by atoms with Crippen LogP contribution in [0.25, 0.3) is 0 Å². The molecule has 130 valence electrons. The van der Waals surface area contributed by atoms with Gasteiger partial charge in [-0.3, -0.25) is 9.78 Å². The van der Waals surface area contributed by atoms with E-state index < -0.39 is 0 Å². The summed E-state index contributed by atoms with van der Waals surface area (Å²) >= 11 is 0. The number of nitrogens with zero attached hydrogens (tertiary/aromatic N) is 1. The molecule has 24 heavy (non-hydrogen) atoms. The highest BCUT2D eigenvalue weighted by Crippen LogP contribution is 2.27. The zero-order valence-electron chi connectivity index (χ0n) is 13.4. The third-order valence-corrected chi connectivity index (χ3v) is 3.87. The maximum atomic E-state index is 12.2. The van der Waals surface area contributed by atoms with E-state index in [0.717, 1.165) is 23.6 Å². The molecule has 1 aromatic heterocycles. The van der Waals surface area contributed by atoms with Crippen LogP contribution in [0, 0.1) is 5.92 Å². The van der Waals surface area contributed by atoms with E-state index in [1.807, 2.05) is 42.5 Å². The molecule has 0 bridgehead atoms. The van der Waals surface area contributed by atoms with Gasteiger partial charge in [0.2, 0.25) is 5.91 Å². The van der Waals surface area contributed by atoms with Crippen molar-refractivity contribution in [3.8, 4) is 0 Å². The van der Waals surface area contributed by atoms with Gasteiger partial charge in [0.05, 0.1) is 12.6 Å². The first kappa shape index (κ1) is 20.4. The molecule has 6 heteroatoms. The third-order valence-electron chi connectivity index (χ3n) is 3.87. The SMILES string of the molecule is Cl.Cl.O=C(CNCC1CC1)NC(c1ccccc1)c1cccnc1. The van der Waals surface area contributed by atoms with Crippen LogP contribution in [0.4, 0.5) is 0 Å². The van der Waals surface area contributed by atoms with Crippen molar-refractivity contribution < 1.29 is 4.79 Å². The average molecular weight is 368 g/mol. The number of hydrogen-bond acceptors (Lipinski definition) is 3. The Morgan fingerprint density at radius 1 is 1.08 bits per heavy atom. The minimum atomic E-state index is -0.162. The molecule has 0 spiro atoms. The number of hydrogen-bond donors (Lipinski definition) is 2. The van der Waals surface area contributed by atoms with E-state index in [9.17, 15) is 4.79 Å². The van der Waals surface area contributed by atoms with Crippen LogP contribution >= 0.6 is 24.8 Å². The van der Waals surface area contributed by atoms with Gasteiger partial charge in [-0.15, -0.1) is 24.8 Å². The summed E-state index contributed by atoms with van der Waals surface area (Å²) in [4.78, 5) is 16.4. The molecule has 1 aliphatic carbocycles. The van der Waals surface area contributed by atoms with Crippen LogP contribution < -0.4 is 10.6 Å². The van der Waals surface area contributed by atoms with Crippen molar-refractivity contribution in [2.45, 2.75) is 18.9 Å². The average Bonchev–Trinajstić information content (AvgIpc) is 3.39. The number of carbonyl (C=O) groups is 1. The molecule has 4 nitrogen and oxygen atoms in total. The van der Waals surface area contributed by atoms with Gasteiger partial charge in [-0.2, -0.15) is 0 Å². The molecule has 1 unspecified atom stereocenters. The van der Waals surface area contributed by atoms with Gasteiger partial charge in [-0.25, -0.2) is 0 Å². The number of aromatic nitrogens is 1. The summed E-state index contributed by atoms with van der Waals surface area (Å²) in [5.41, 5.74) is 2.05. The van der Waals surface area contributed by atoms with Gasteiger partial charge in [0, 0.05) is 12.4 Å². The van der Waals surface area contributed by atoms with E-state index in [2.05, 4.69) is 15.6 Å². The molecule has 1 saturated carbocycles. The molecule has 1 amide bonds. The maximum Gasteiger partial charge on any atom is 0.234 e. The first-order valence-corrected chi connectivity index (χ1v) is 7.78. The molecule has 0 aliphatic heterocycles. The molecule has 1 aromatic carbocycles. The summed E-state index contributed by atoms with van der Waals surface area (Å²) < 4.78 is 0. The van der Waals surface area contributed by atoms with Crippen LogP contribution in [0.2, 0.25) is 0 Å². The van der Waals surface area contributed by atoms with Gasteiger partial charge in [-0.05, 0) is 42.5 Å². The summed E-state index contributed by atoms with van der Waals surface area (Å²) in [5, 5.41) is 6.33. The lowest BCUT2D eigenvalue weighted by Gasteiger charge is -2.19. The van der Waals surface area contributed by atoms with Crippen molar-refractivity contribution in [2.24, 2.45) is 5.92 Å². The summed E-state index contributed by atoms with van der Waals surface area (Å²) in [6.45, 7) is 1.30. The van der Waals surface area contributed by atoms with Crippen LogP contribution in [0.15, 0.2) is 54.9 Å². The Bertz CT molecular complexity index is 567. The van der Waals surface area contributed by atoms with E-state index in [-0.39, 0.29) is 36.8 Å². The topological polar surface area (TPSA) is 54.0 Å². The number of rotatable bonds is 7. The predicted molar refractivity (Wildman–Crippen MR) is 101 cm³/mol. The van der Waals surface area contributed by atoms with Crippen molar-refractivity contribution in [1.82, 2.24) is 15.6 Å². The van der Waals surface area contributed by atoms with E-state index >= 15 is 0 Å². The van der Waals surface area contributed by atoms with Gasteiger partial charge in [0.15, 0.2) is 0 Å². The Morgan fingerprint density at radius 2 is 1.79 bits per heavy atom. The van der Waals surface area contributed by atoms with Crippen LogP contribution in [-0.4, -0.2) is 24.0 Å². The summed E-state index contributed by atoms with van der Waals surface area (Å²) in [7, 11) is 0. The molecule has 3 rings (SSSR count). The van der Waals surface area contributed by atoms with Crippen LogP contribution in [0.1, 0.15) is 30.0 Å². The lowest BCUT2D eigenvalue weighted by molar-refractivity contribution is -0.120. The monoisotopic (exact) mass is 367 g/mol. The zero-order chi connectivity index (χ0) is 15.2. The van der Waals surface area contributed by atoms with Crippen molar-refractivity contribution in [3.05, 3.63) is 66.0 Å². The fraction of sp³-hybridized carbons (Fsp3) is 0.333. The number of benzene rings is 1. The van der Waals surface area contributed by atoms with Crippen molar-refractivity contribution in [3.63, 3.8) is 0 Å². The van der Waals surface area contributed by atoms with Gasteiger partial charge < -0.3 is 10.6 Å². The first-order chi connectivity index (χ1) is 10.8. The fourth-order valence-electron chi connectivity index (χ4n) is 2.48. The Balaban J connectivity index is 0.00000144. The molecule has 1 aliphatic rings. The number of pyridine rings is 1. The third kappa shape index (κ3) is 6.11. The van der Waals surface area contributed by atoms with E-state index in [0.29, 0.717) is 6.54 Å². The molecule has 1 atom stereocenters. The maximum absolute atomic E-state index is 12.2. The smallest absolute Gasteiger partial charge is 0.234 e. The zero-order valence-corrected chi connectivity index (χ0v) is 15.0. The molecule has 0 saturated heterocycles. The first-order valence-electron chi connectivity index (χ1n) is 7.78. The van der Waals surface area contributed by atoms with Gasteiger partial charge >= 0.3 is 0 Å². The van der Waals surface area contributed by atoms with E-state index in [1.54, 1.807) is 12.4 Å². The highest BCUT2D eigenvalue weighted by Gasteiger charge is 2.21. The number of halogens is 2. The Hall–Kier alpha value is -1.62. The molecule has 2 N–H and O–H groups in total. The fourth-order valence-corrected chi connectivity index (χ4v) is 2.48. The molecule has 1 fully saturated rings. The van der Waals surface area contributed by atoms with E-state index in [1.165, 1.54) is 12.8 Å². The van der Waals surface area contributed by atoms with Gasteiger partial charge in [0.25, 0.3) is 0 Å². The second-order valence-electron chi connectivity index (χ2n) is 5.77. The Morgan fingerprint density at radius 3 is 2.42 bits per heavy atom. The molecule has 0 radical (unpaired) electrons. The minimum absolute atomic E-state index is 0. The lowest BCUT2D eigenvalue weighted by atomic mass is 10.0. The standard InChI is InChI=1S/C18H21N3O.2ClH/c22-17(13-20-11-14-8-9-14)21-18(15-5-2-1-3-6-15)16-7-4-10-19-12-16;;/h1-7,10,12,14,18,20H,8-9,11,13H2,(H,21,22);2*1H. The number of carbonyl (C=O) groups excluding carboxylic acids is 1. The number of nitrogens with one attached hydrogen (secondary N) is 2.